The van der Waals surface area contributed by atoms with E-state index >= 15 is 0 Å². The van der Waals surface area contributed by atoms with Crippen molar-refractivity contribution < 1.29 is 4.79 Å². The first-order chi connectivity index (χ1) is 10.2. The Morgan fingerprint density at radius 1 is 1.38 bits per heavy atom. The summed E-state index contributed by atoms with van der Waals surface area (Å²) in [7, 11) is 1.77. The number of benzene rings is 1. The SMILES string of the molecule is CN(Cc1ccc(C#CCN)cc1)C(=O)Cn1cncn1. The van der Waals surface area contributed by atoms with Gasteiger partial charge in [0.25, 0.3) is 0 Å². The molecule has 0 atom stereocenters. The molecule has 0 unspecified atom stereocenters. The molecule has 1 aromatic carbocycles. The van der Waals surface area contributed by atoms with Crippen LogP contribution in [0.2, 0.25) is 0 Å². The van der Waals surface area contributed by atoms with Gasteiger partial charge < -0.3 is 10.6 Å². The molecule has 2 N–H and O–H groups in total. The van der Waals surface area contributed by atoms with Crippen LogP contribution in [0.25, 0.3) is 0 Å². The molecule has 0 spiro atoms. The number of hydrogen-bond donors (Lipinski definition) is 1. The Balaban J connectivity index is 1.92. The van der Waals surface area contributed by atoms with Crippen molar-refractivity contribution in [2.45, 2.75) is 13.1 Å². The zero-order valence-corrected chi connectivity index (χ0v) is 11.9. The standard InChI is InChI=1S/C15H17N5O/c1-19(15(21)10-20-12-17-11-18-20)9-14-6-4-13(5-7-14)3-2-8-16/h4-7,11-12H,8-10,16H2,1H3. The largest absolute Gasteiger partial charge is 0.340 e. The quantitative estimate of drug-likeness (QED) is 0.816. The normalized spacial score (nSPS) is 9.81. The molecule has 0 aliphatic rings. The molecule has 6 heteroatoms. The Morgan fingerprint density at radius 3 is 2.76 bits per heavy atom. The Labute approximate surface area is 123 Å². The van der Waals surface area contributed by atoms with Crippen LogP contribution in [0.4, 0.5) is 0 Å². The lowest BCUT2D eigenvalue weighted by atomic mass is 10.1. The van der Waals surface area contributed by atoms with E-state index in [4.69, 9.17) is 5.73 Å². The van der Waals surface area contributed by atoms with Gasteiger partial charge in [0.05, 0.1) is 6.54 Å². The Bertz CT molecular complexity index is 637. The molecular formula is C15H17N5O. The fraction of sp³-hybridized carbons (Fsp3) is 0.267. The molecule has 0 radical (unpaired) electrons. The van der Waals surface area contributed by atoms with Crippen LogP contribution >= 0.6 is 0 Å². The number of hydrogen-bond acceptors (Lipinski definition) is 4. The third kappa shape index (κ3) is 4.44. The van der Waals surface area contributed by atoms with Crippen molar-refractivity contribution in [3.8, 4) is 11.8 Å². The van der Waals surface area contributed by atoms with Gasteiger partial charge in [0, 0.05) is 19.2 Å². The summed E-state index contributed by atoms with van der Waals surface area (Å²) in [5, 5.41) is 3.92. The maximum atomic E-state index is 12.0. The van der Waals surface area contributed by atoms with Crippen molar-refractivity contribution in [3.63, 3.8) is 0 Å². The van der Waals surface area contributed by atoms with Crippen LogP contribution in [-0.2, 0) is 17.9 Å². The highest BCUT2D eigenvalue weighted by molar-refractivity contribution is 5.75. The van der Waals surface area contributed by atoms with E-state index in [9.17, 15) is 4.79 Å². The topological polar surface area (TPSA) is 77.0 Å². The first-order valence-electron chi connectivity index (χ1n) is 6.53. The second-order valence-corrected chi connectivity index (χ2v) is 4.55. The molecule has 0 aliphatic heterocycles. The molecule has 0 aliphatic carbocycles. The van der Waals surface area contributed by atoms with Crippen LogP contribution < -0.4 is 5.73 Å². The van der Waals surface area contributed by atoms with Crippen molar-refractivity contribution >= 4 is 5.91 Å². The summed E-state index contributed by atoms with van der Waals surface area (Å²) < 4.78 is 1.50. The van der Waals surface area contributed by atoms with Gasteiger partial charge in [0.2, 0.25) is 5.91 Å². The highest BCUT2D eigenvalue weighted by Crippen LogP contribution is 2.06. The first-order valence-corrected chi connectivity index (χ1v) is 6.53. The molecule has 1 amide bonds. The van der Waals surface area contributed by atoms with E-state index in [2.05, 4.69) is 21.9 Å². The molecule has 1 heterocycles. The van der Waals surface area contributed by atoms with Crippen LogP contribution in [0.5, 0.6) is 0 Å². The maximum Gasteiger partial charge on any atom is 0.244 e. The number of carbonyl (C=O) groups is 1. The zero-order chi connectivity index (χ0) is 15.1. The van der Waals surface area contributed by atoms with Crippen molar-refractivity contribution in [1.82, 2.24) is 19.7 Å². The molecule has 21 heavy (non-hydrogen) atoms. The van der Waals surface area contributed by atoms with Gasteiger partial charge in [0.15, 0.2) is 0 Å². The summed E-state index contributed by atoms with van der Waals surface area (Å²) in [6.45, 7) is 1.08. The Kier molecular flexibility index (Phi) is 5.07. The number of amides is 1. The van der Waals surface area contributed by atoms with E-state index in [0.717, 1.165) is 11.1 Å². The van der Waals surface area contributed by atoms with E-state index < -0.39 is 0 Å². The smallest absolute Gasteiger partial charge is 0.244 e. The second-order valence-electron chi connectivity index (χ2n) is 4.55. The van der Waals surface area contributed by atoms with Gasteiger partial charge in [-0.05, 0) is 17.7 Å². The van der Waals surface area contributed by atoms with Crippen molar-refractivity contribution in [2.75, 3.05) is 13.6 Å². The highest BCUT2D eigenvalue weighted by Gasteiger charge is 2.10. The van der Waals surface area contributed by atoms with Crippen LogP contribution in [-0.4, -0.2) is 39.2 Å². The van der Waals surface area contributed by atoms with Gasteiger partial charge in [-0.15, -0.1) is 0 Å². The van der Waals surface area contributed by atoms with Crippen LogP contribution in [0, 0.1) is 11.8 Å². The Hall–Kier alpha value is -2.65. The summed E-state index contributed by atoms with van der Waals surface area (Å²) in [6.07, 6.45) is 2.94. The van der Waals surface area contributed by atoms with Gasteiger partial charge in [0.1, 0.15) is 19.2 Å². The number of nitrogens with two attached hydrogens (primary N) is 1. The van der Waals surface area contributed by atoms with E-state index in [-0.39, 0.29) is 12.5 Å². The molecule has 0 saturated carbocycles. The van der Waals surface area contributed by atoms with Gasteiger partial charge in [-0.25, -0.2) is 9.67 Å². The Morgan fingerprint density at radius 2 is 2.14 bits per heavy atom. The second kappa shape index (κ2) is 7.22. The number of rotatable bonds is 4. The number of likely N-dealkylation sites (N-methyl/N-ethyl adjacent to an activating group) is 1. The predicted octanol–water partition coefficient (Wildman–Crippen LogP) is 0.247. The van der Waals surface area contributed by atoms with Crippen molar-refractivity contribution in [3.05, 3.63) is 48.0 Å². The average Bonchev–Trinajstić information content (AvgIpc) is 2.99. The van der Waals surface area contributed by atoms with Crippen molar-refractivity contribution in [1.29, 1.82) is 0 Å². The molecule has 2 aromatic rings. The lowest BCUT2D eigenvalue weighted by Crippen LogP contribution is -2.29. The molecule has 0 bridgehead atoms. The summed E-state index contributed by atoms with van der Waals surface area (Å²) in [5.74, 6) is 5.75. The average molecular weight is 283 g/mol. The van der Waals surface area contributed by atoms with Crippen LogP contribution in [0.15, 0.2) is 36.9 Å². The van der Waals surface area contributed by atoms with Gasteiger partial charge in [-0.3, -0.25) is 4.79 Å². The minimum absolute atomic E-state index is 0.0208. The lowest BCUT2D eigenvalue weighted by molar-refractivity contribution is -0.131. The highest BCUT2D eigenvalue weighted by atomic mass is 16.2. The van der Waals surface area contributed by atoms with Crippen molar-refractivity contribution in [2.24, 2.45) is 5.73 Å². The minimum Gasteiger partial charge on any atom is -0.340 e. The monoisotopic (exact) mass is 283 g/mol. The van der Waals surface area contributed by atoms with E-state index in [1.165, 1.54) is 17.3 Å². The van der Waals surface area contributed by atoms with Crippen LogP contribution in [0.1, 0.15) is 11.1 Å². The number of carbonyl (C=O) groups excluding carboxylic acids is 1. The zero-order valence-electron chi connectivity index (χ0n) is 11.9. The summed E-state index contributed by atoms with van der Waals surface area (Å²) in [6, 6.07) is 7.76. The predicted molar refractivity (Wildman–Crippen MR) is 78.9 cm³/mol. The molecule has 1 aromatic heterocycles. The molecule has 6 nitrogen and oxygen atoms in total. The van der Waals surface area contributed by atoms with Gasteiger partial charge in [-0.1, -0.05) is 24.0 Å². The summed E-state index contributed by atoms with van der Waals surface area (Å²) >= 11 is 0. The molecule has 0 saturated heterocycles. The molecule has 2 rings (SSSR count). The van der Waals surface area contributed by atoms with E-state index in [1.54, 1.807) is 11.9 Å². The van der Waals surface area contributed by atoms with Gasteiger partial charge >= 0.3 is 0 Å². The van der Waals surface area contributed by atoms with E-state index in [1.807, 2.05) is 24.3 Å². The number of aromatic nitrogens is 3. The lowest BCUT2D eigenvalue weighted by Gasteiger charge is -2.17. The fourth-order valence-electron chi connectivity index (χ4n) is 1.78. The van der Waals surface area contributed by atoms with Crippen LogP contribution in [0.3, 0.4) is 0 Å². The third-order valence-electron chi connectivity index (χ3n) is 2.90. The molecular weight excluding hydrogens is 266 g/mol. The molecule has 0 fully saturated rings. The first kappa shape index (κ1) is 14.8. The maximum absolute atomic E-state index is 12.0. The third-order valence-corrected chi connectivity index (χ3v) is 2.90. The molecule has 108 valence electrons. The fourth-order valence-corrected chi connectivity index (χ4v) is 1.78. The summed E-state index contributed by atoms with van der Waals surface area (Å²) in [4.78, 5) is 17.5. The van der Waals surface area contributed by atoms with E-state index in [0.29, 0.717) is 13.1 Å². The number of nitrogens with zero attached hydrogens (tertiary/aromatic N) is 4. The summed E-state index contributed by atoms with van der Waals surface area (Å²) in [5.41, 5.74) is 7.29. The minimum atomic E-state index is -0.0208. The van der Waals surface area contributed by atoms with Gasteiger partial charge in [-0.2, -0.15) is 5.10 Å².